The number of aromatic nitrogens is 2. The summed E-state index contributed by atoms with van der Waals surface area (Å²) in [6, 6.07) is 11.7. The molecule has 0 bridgehead atoms. The van der Waals surface area contributed by atoms with Gasteiger partial charge in [0.2, 0.25) is 0 Å². The van der Waals surface area contributed by atoms with E-state index in [1.54, 1.807) is 63.2 Å². The quantitative estimate of drug-likeness (QED) is 0.425. The number of carbonyl (C=O) groups excluding carboxylic acids is 1. The number of nitrogens with zero attached hydrogens (tertiary/aromatic N) is 2. The van der Waals surface area contributed by atoms with E-state index >= 15 is 0 Å². The highest BCUT2D eigenvalue weighted by Crippen LogP contribution is 2.35. The Bertz CT molecular complexity index is 1430. The third-order valence-corrected chi connectivity index (χ3v) is 6.39. The fourth-order valence-electron chi connectivity index (χ4n) is 3.33. The first kappa shape index (κ1) is 29.7. The molecule has 1 heterocycles. The van der Waals surface area contributed by atoms with Crippen molar-refractivity contribution in [3.63, 3.8) is 0 Å². The van der Waals surface area contributed by atoms with Crippen molar-refractivity contribution >= 4 is 51.4 Å². The molecule has 0 radical (unpaired) electrons. The van der Waals surface area contributed by atoms with Gasteiger partial charge in [0, 0.05) is 40.9 Å². The lowest BCUT2D eigenvalue weighted by atomic mass is 10.1. The van der Waals surface area contributed by atoms with Crippen molar-refractivity contribution in [2.75, 3.05) is 12.8 Å². The van der Waals surface area contributed by atoms with Gasteiger partial charge in [-0.3, -0.25) is 4.79 Å². The number of hydrogen-bond donors (Lipinski definition) is 2. The van der Waals surface area contributed by atoms with Crippen molar-refractivity contribution in [2.45, 2.75) is 37.6 Å². The average molecular weight is 570 g/mol. The molecule has 0 unspecified atom stereocenters. The van der Waals surface area contributed by atoms with Crippen molar-refractivity contribution in [1.29, 1.82) is 0 Å². The van der Waals surface area contributed by atoms with Gasteiger partial charge in [-0.2, -0.15) is 5.10 Å². The summed E-state index contributed by atoms with van der Waals surface area (Å²) in [4.78, 5) is 13.0. The van der Waals surface area contributed by atoms with Crippen molar-refractivity contribution < 1.29 is 13.2 Å². The van der Waals surface area contributed by atoms with Crippen LogP contribution in [0.1, 0.15) is 43.2 Å². The van der Waals surface area contributed by atoms with Crippen LogP contribution in [0.2, 0.25) is 10.0 Å². The summed E-state index contributed by atoms with van der Waals surface area (Å²) >= 11 is 12.7. The molecule has 0 atom stereocenters. The topological polar surface area (TPSA) is 107 Å². The van der Waals surface area contributed by atoms with Crippen LogP contribution in [0, 0.1) is 11.8 Å². The molecule has 7 nitrogen and oxygen atoms in total. The van der Waals surface area contributed by atoms with Gasteiger partial charge in [0.1, 0.15) is 4.90 Å². The van der Waals surface area contributed by atoms with Crippen LogP contribution in [-0.2, 0) is 9.84 Å². The molecule has 3 aromatic rings. The largest absolute Gasteiger partial charge is 0.346 e. The van der Waals surface area contributed by atoms with Crippen LogP contribution in [0.3, 0.4) is 0 Å². The molecule has 11 heteroatoms. The summed E-state index contributed by atoms with van der Waals surface area (Å²) in [6.45, 7) is 5.83. The lowest BCUT2D eigenvalue weighted by molar-refractivity contribution is 0.0910. The third kappa shape index (κ3) is 7.02. The van der Waals surface area contributed by atoms with E-state index in [9.17, 15) is 13.2 Å². The van der Waals surface area contributed by atoms with Crippen LogP contribution in [0.5, 0.6) is 0 Å². The van der Waals surface area contributed by atoms with Crippen LogP contribution in [-0.4, -0.2) is 42.4 Å². The highest BCUT2D eigenvalue weighted by atomic mass is 35.5. The minimum absolute atomic E-state index is 0. The van der Waals surface area contributed by atoms with Crippen LogP contribution < -0.4 is 11.1 Å². The van der Waals surface area contributed by atoms with Crippen molar-refractivity contribution in [2.24, 2.45) is 5.73 Å². The molecular weight excluding hydrogens is 543 g/mol. The Morgan fingerprint density at radius 3 is 2.31 bits per heavy atom. The number of nitrogens with two attached hydrogens (primary N) is 1. The number of sulfone groups is 1. The minimum Gasteiger partial charge on any atom is -0.346 e. The summed E-state index contributed by atoms with van der Waals surface area (Å²) in [5.74, 6) is 5.31. The van der Waals surface area contributed by atoms with Crippen molar-refractivity contribution in [3.8, 4) is 28.8 Å². The molecule has 0 saturated heterocycles. The van der Waals surface area contributed by atoms with E-state index < -0.39 is 21.3 Å². The molecule has 1 amide bonds. The summed E-state index contributed by atoms with van der Waals surface area (Å²) in [5, 5.41) is 8.00. The Morgan fingerprint density at radius 1 is 1.14 bits per heavy atom. The van der Waals surface area contributed by atoms with E-state index in [-0.39, 0.29) is 33.7 Å². The van der Waals surface area contributed by atoms with Gasteiger partial charge in [-0.05, 0) is 51.1 Å². The van der Waals surface area contributed by atoms with Crippen molar-refractivity contribution in [1.82, 2.24) is 15.1 Å². The maximum absolute atomic E-state index is 13.2. The molecule has 0 aliphatic rings. The fraction of sp³-hybridized carbons (Fsp3) is 0.280. The van der Waals surface area contributed by atoms with Gasteiger partial charge in [-0.15, -0.1) is 12.4 Å². The predicted molar refractivity (Wildman–Crippen MR) is 147 cm³/mol. The zero-order valence-electron chi connectivity index (χ0n) is 20.2. The molecule has 2 aromatic carbocycles. The summed E-state index contributed by atoms with van der Waals surface area (Å²) in [5.41, 5.74) is 6.41. The monoisotopic (exact) mass is 568 g/mol. The Morgan fingerprint density at radius 2 is 1.78 bits per heavy atom. The first-order valence-corrected chi connectivity index (χ1v) is 13.4. The second-order valence-corrected chi connectivity index (χ2v) is 11.7. The lowest BCUT2D eigenvalue weighted by Crippen LogP contribution is -2.41. The van der Waals surface area contributed by atoms with Gasteiger partial charge in [0.15, 0.2) is 15.5 Å². The first-order valence-electron chi connectivity index (χ1n) is 10.7. The van der Waals surface area contributed by atoms with E-state index in [0.29, 0.717) is 34.8 Å². The zero-order valence-corrected chi connectivity index (χ0v) is 23.4. The molecule has 192 valence electrons. The van der Waals surface area contributed by atoms with E-state index in [4.69, 9.17) is 28.9 Å². The maximum atomic E-state index is 13.2. The highest BCUT2D eigenvalue weighted by Gasteiger charge is 2.32. The normalized spacial score (nSPS) is 11.3. The lowest BCUT2D eigenvalue weighted by Gasteiger charge is -2.19. The average Bonchev–Trinajstić information content (AvgIpc) is 3.14. The Kier molecular flexibility index (Phi) is 9.63. The van der Waals surface area contributed by atoms with E-state index in [0.717, 1.165) is 6.26 Å². The van der Waals surface area contributed by atoms with E-state index in [1.165, 1.54) is 4.68 Å². The Labute approximate surface area is 227 Å². The van der Waals surface area contributed by atoms with Crippen LogP contribution >= 0.6 is 35.6 Å². The molecular formula is C25H27Cl3N4O3S. The van der Waals surface area contributed by atoms with Crippen LogP contribution in [0.25, 0.3) is 16.9 Å². The molecule has 3 N–H and O–H groups in total. The molecule has 0 aliphatic heterocycles. The number of halogens is 3. The van der Waals surface area contributed by atoms with Crippen LogP contribution in [0.4, 0.5) is 0 Å². The minimum atomic E-state index is -3.90. The summed E-state index contributed by atoms with van der Waals surface area (Å²) in [7, 11) is -3.90. The standard InChI is InChI=1S/C25H26Cl2N4O3S.ClH/c1-25(2,3)29-24(32)21-23(35(4,33)34)22(17-9-11-18(26)12-10-17)31(30-21)20-13-8-16(15-19(20)27)7-5-6-14-28;/h8-13,15H,6,14,28H2,1-4H3,(H,29,32);1H. The van der Waals surface area contributed by atoms with E-state index in [1.807, 2.05) is 0 Å². The maximum Gasteiger partial charge on any atom is 0.273 e. The second kappa shape index (κ2) is 11.7. The SMILES string of the molecule is CC(C)(C)NC(=O)c1nn(-c2ccc(C#CCCN)cc2Cl)c(-c2ccc(Cl)cc2)c1S(C)(=O)=O.Cl. The molecule has 0 spiro atoms. The Balaban J connectivity index is 0.00000456. The molecule has 1 aromatic heterocycles. The third-order valence-electron chi connectivity index (χ3n) is 4.71. The summed E-state index contributed by atoms with van der Waals surface area (Å²) in [6.07, 6.45) is 1.59. The second-order valence-electron chi connectivity index (χ2n) is 8.93. The number of benzene rings is 2. The van der Waals surface area contributed by atoms with Gasteiger partial charge < -0.3 is 11.1 Å². The van der Waals surface area contributed by atoms with Crippen LogP contribution in [0.15, 0.2) is 47.4 Å². The number of carbonyl (C=O) groups is 1. The number of rotatable bonds is 5. The molecule has 36 heavy (non-hydrogen) atoms. The number of nitrogens with one attached hydrogen (secondary N) is 1. The van der Waals surface area contributed by atoms with Crippen molar-refractivity contribution in [3.05, 3.63) is 63.8 Å². The highest BCUT2D eigenvalue weighted by molar-refractivity contribution is 7.91. The Hall–Kier alpha value is -2.54. The summed E-state index contributed by atoms with van der Waals surface area (Å²) < 4.78 is 27.4. The molecule has 3 rings (SSSR count). The van der Waals surface area contributed by atoms with E-state index in [2.05, 4.69) is 22.3 Å². The zero-order chi connectivity index (χ0) is 26.0. The van der Waals surface area contributed by atoms with Gasteiger partial charge in [-0.1, -0.05) is 47.2 Å². The number of amides is 1. The number of hydrogen-bond acceptors (Lipinski definition) is 5. The van der Waals surface area contributed by atoms with Gasteiger partial charge in [0.25, 0.3) is 5.91 Å². The molecule has 0 aliphatic carbocycles. The smallest absolute Gasteiger partial charge is 0.273 e. The predicted octanol–water partition coefficient (Wildman–Crippen LogP) is 4.90. The fourth-order valence-corrected chi connectivity index (χ4v) is 4.76. The molecule has 0 saturated carbocycles. The first-order chi connectivity index (χ1) is 16.3. The molecule has 0 fully saturated rings. The van der Waals surface area contributed by atoms with Gasteiger partial charge in [0.05, 0.1) is 16.4 Å². The van der Waals surface area contributed by atoms with Gasteiger partial charge >= 0.3 is 0 Å². The van der Waals surface area contributed by atoms with Gasteiger partial charge in [-0.25, -0.2) is 13.1 Å².